The number of rotatable bonds is 5. The Hall–Kier alpha value is -2.32. The van der Waals surface area contributed by atoms with E-state index in [1.165, 1.54) is 28.2 Å². The Labute approximate surface area is 148 Å². The van der Waals surface area contributed by atoms with Crippen LogP contribution in [0.1, 0.15) is 23.0 Å². The molecule has 1 aromatic carbocycles. The Morgan fingerprint density at radius 2 is 2.24 bits per heavy atom. The minimum absolute atomic E-state index is 0.314. The number of thiazole rings is 1. The lowest BCUT2D eigenvalue weighted by Crippen LogP contribution is -2.20. The Morgan fingerprint density at radius 3 is 2.92 bits per heavy atom. The predicted octanol–water partition coefficient (Wildman–Crippen LogP) is 2.66. The second-order valence-corrected chi connectivity index (χ2v) is 6.57. The van der Waals surface area contributed by atoms with Crippen molar-refractivity contribution in [1.29, 1.82) is 0 Å². The highest BCUT2D eigenvalue weighted by Gasteiger charge is 2.15. The van der Waals surface area contributed by atoms with Crippen LogP contribution in [-0.2, 0) is 18.3 Å². The summed E-state index contributed by atoms with van der Waals surface area (Å²) in [5, 5.41) is 4.08. The molecule has 0 spiro atoms. The summed E-state index contributed by atoms with van der Waals surface area (Å²) < 4.78 is 23.1. The molecule has 1 amide bonds. The average molecular weight is 362 g/mol. The number of nitrogens with zero attached hydrogens (tertiary/aromatic N) is 4. The zero-order chi connectivity index (χ0) is 18.0. The van der Waals surface area contributed by atoms with Crippen LogP contribution < -0.4 is 4.80 Å². The summed E-state index contributed by atoms with van der Waals surface area (Å²) in [6.07, 6.45) is 1.63. The number of aromatic nitrogens is 3. The molecule has 0 atom stereocenters. The van der Waals surface area contributed by atoms with Crippen LogP contribution in [0, 0.1) is 12.7 Å². The van der Waals surface area contributed by atoms with Gasteiger partial charge in [0.25, 0.3) is 5.91 Å². The molecule has 0 saturated carbocycles. The Balaban J connectivity index is 2.10. The molecule has 132 valence electrons. The monoisotopic (exact) mass is 362 g/mol. The minimum atomic E-state index is -0.366. The third-order valence-corrected chi connectivity index (χ3v) is 4.87. The molecule has 3 aromatic rings. The fourth-order valence-electron chi connectivity index (χ4n) is 2.64. The van der Waals surface area contributed by atoms with E-state index < -0.39 is 0 Å². The van der Waals surface area contributed by atoms with Crippen molar-refractivity contribution in [2.24, 2.45) is 12.0 Å². The van der Waals surface area contributed by atoms with E-state index in [9.17, 15) is 9.18 Å². The molecule has 0 unspecified atom stereocenters. The molecule has 8 heteroatoms. The quantitative estimate of drug-likeness (QED) is 0.656. The van der Waals surface area contributed by atoms with Crippen LogP contribution in [-0.4, -0.2) is 33.5 Å². The third-order valence-electron chi connectivity index (χ3n) is 3.83. The van der Waals surface area contributed by atoms with Crippen LogP contribution >= 0.6 is 11.3 Å². The third kappa shape index (κ3) is 3.54. The Bertz CT molecular complexity index is 967. The molecule has 0 N–H and O–H groups in total. The zero-order valence-corrected chi connectivity index (χ0v) is 15.1. The lowest BCUT2D eigenvalue weighted by Gasteiger charge is -2.05. The van der Waals surface area contributed by atoms with Gasteiger partial charge in [0.15, 0.2) is 4.80 Å². The summed E-state index contributed by atoms with van der Waals surface area (Å²) in [7, 11) is 1.71. The number of aryl methyl sites for hydroxylation is 2. The summed E-state index contributed by atoms with van der Waals surface area (Å²) in [5.74, 6) is -0.680. The van der Waals surface area contributed by atoms with Crippen molar-refractivity contribution in [2.75, 3.05) is 13.2 Å². The standard InChI is InChI=1S/C17H19FN4O2S/c1-4-24-8-7-22-13-6-5-12(18)9-14(13)25-17(22)20-16(23)15-11(2)10-19-21(15)3/h5-6,9-10H,4,7-8H2,1-3H3. The summed E-state index contributed by atoms with van der Waals surface area (Å²) >= 11 is 1.28. The summed E-state index contributed by atoms with van der Waals surface area (Å²) in [6, 6.07) is 4.56. The minimum Gasteiger partial charge on any atom is -0.380 e. The largest absolute Gasteiger partial charge is 0.380 e. The lowest BCUT2D eigenvalue weighted by molar-refractivity contribution is 0.0987. The molecular formula is C17H19FN4O2S. The van der Waals surface area contributed by atoms with Gasteiger partial charge in [-0.25, -0.2) is 4.39 Å². The number of hydrogen-bond donors (Lipinski definition) is 0. The van der Waals surface area contributed by atoms with Crippen LogP contribution in [0.25, 0.3) is 10.2 Å². The SMILES string of the molecule is CCOCCn1c(=NC(=O)c2c(C)cnn2C)sc2cc(F)ccc21. The summed E-state index contributed by atoms with van der Waals surface area (Å²) in [4.78, 5) is 17.4. The molecule has 2 heterocycles. The maximum absolute atomic E-state index is 13.5. The van der Waals surface area contributed by atoms with Gasteiger partial charge in [-0.2, -0.15) is 10.1 Å². The fraction of sp³-hybridized carbons (Fsp3) is 0.353. The van der Waals surface area contributed by atoms with Gasteiger partial charge in [-0.3, -0.25) is 9.48 Å². The van der Waals surface area contributed by atoms with E-state index in [4.69, 9.17) is 4.74 Å². The van der Waals surface area contributed by atoms with Crippen molar-refractivity contribution in [3.63, 3.8) is 0 Å². The van der Waals surface area contributed by atoms with Crippen LogP contribution in [0.4, 0.5) is 4.39 Å². The van der Waals surface area contributed by atoms with E-state index in [0.29, 0.717) is 30.3 Å². The van der Waals surface area contributed by atoms with Crippen molar-refractivity contribution in [1.82, 2.24) is 14.3 Å². The smallest absolute Gasteiger partial charge is 0.298 e. The first-order chi connectivity index (χ1) is 12.0. The number of amides is 1. The maximum atomic E-state index is 13.5. The molecule has 0 aliphatic rings. The fourth-order valence-corrected chi connectivity index (χ4v) is 3.72. The van der Waals surface area contributed by atoms with E-state index in [1.807, 2.05) is 18.4 Å². The van der Waals surface area contributed by atoms with Gasteiger partial charge in [0.05, 0.1) is 23.0 Å². The van der Waals surface area contributed by atoms with Crippen LogP contribution in [0.2, 0.25) is 0 Å². The highest BCUT2D eigenvalue weighted by Crippen LogP contribution is 2.19. The van der Waals surface area contributed by atoms with E-state index >= 15 is 0 Å². The van der Waals surface area contributed by atoms with Crippen molar-refractivity contribution >= 4 is 27.5 Å². The van der Waals surface area contributed by atoms with Crippen LogP contribution in [0.15, 0.2) is 29.4 Å². The average Bonchev–Trinajstić information content (AvgIpc) is 3.07. The van der Waals surface area contributed by atoms with Gasteiger partial charge < -0.3 is 9.30 Å². The second-order valence-electron chi connectivity index (χ2n) is 5.56. The molecule has 0 fully saturated rings. The predicted molar refractivity (Wildman–Crippen MR) is 94.1 cm³/mol. The van der Waals surface area contributed by atoms with Gasteiger partial charge in [0.1, 0.15) is 11.5 Å². The number of benzene rings is 1. The topological polar surface area (TPSA) is 61.4 Å². The molecule has 25 heavy (non-hydrogen) atoms. The van der Waals surface area contributed by atoms with E-state index in [-0.39, 0.29) is 11.7 Å². The molecular weight excluding hydrogens is 343 g/mol. The van der Waals surface area contributed by atoms with Gasteiger partial charge in [0, 0.05) is 25.8 Å². The van der Waals surface area contributed by atoms with Crippen molar-refractivity contribution in [3.8, 4) is 0 Å². The number of carbonyl (C=O) groups is 1. The number of ether oxygens (including phenoxy) is 1. The molecule has 6 nitrogen and oxygen atoms in total. The van der Waals surface area contributed by atoms with Gasteiger partial charge >= 0.3 is 0 Å². The first-order valence-corrected chi connectivity index (χ1v) is 8.77. The molecule has 0 saturated heterocycles. The number of fused-ring (bicyclic) bond motifs is 1. The van der Waals surface area contributed by atoms with E-state index in [1.54, 1.807) is 19.3 Å². The second kappa shape index (κ2) is 7.28. The Morgan fingerprint density at radius 1 is 1.44 bits per heavy atom. The molecule has 0 aliphatic heterocycles. The summed E-state index contributed by atoms with van der Waals surface area (Å²) in [6.45, 7) is 5.38. The molecule has 0 radical (unpaired) electrons. The zero-order valence-electron chi connectivity index (χ0n) is 14.3. The number of carbonyl (C=O) groups excluding carboxylic acids is 1. The van der Waals surface area contributed by atoms with Gasteiger partial charge in [-0.15, -0.1) is 0 Å². The van der Waals surface area contributed by atoms with Gasteiger partial charge in [-0.05, 0) is 32.0 Å². The number of halogens is 1. The van der Waals surface area contributed by atoms with Crippen LogP contribution in [0.3, 0.4) is 0 Å². The molecule has 0 bridgehead atoms. The van der Waals surface area contributed by atoms with Gasteiger partial charge in [-0.1, -0.05) is 11.3 Å². The summed E-state index contributed by atoms with van der Waals surface area (Å²) in [5.41, 5.74) is 2.05. The van der Waals surface area contributed by atoms with E-state index in [2.05, 4.69) is 10.1 Å². The lowest BCUT2D eigenvalue weighted by atomic mass is 10.3. The van der Waals surface area contributed by atoms with Crippen LogP contribution in [0.5, 0.6) is 0 Å². The molecule has 0 aliphatic carbocycles. The Kier molecular flexibility index (Phi) is 5.10. The highest BCUT2D eigenvalue weighted by atomic mass is 32.1. The maximum Gasteiger partial charge on any atom is 0.298 e. The molecule has 3 rings (SSSR count). The van der Waals surface area contributed by atoms with Crippen molar-refractivity contribution < 1.29 is 13.9 Å². The highest BCUT2D eigenvalue weighted by molar-refractivity contribution is 7.16. The van der Waals surface area contributed by atoms with Crippen molar-refractivity contribution in [2.45, 2.75) is 20.4 Å². The first kappa shape index (κ1) is 17.5. The molecule has 2 aromatic heterocycles. The van der Waals surface area contributed by atoms with Crippen molar-refractivity contribution in [3.05, 3.63) is 46.3 Å². The van der Waals surface area contributed by atoms with Gasteiger partial charge in [0.2, 0.25) is 0 Å². The first-order valence-electron chi connectivity index (χ1n) is 7.95. The van der Waals surface area contributed by atoms with E-state index in [0.717, 1.165) is 15.8 Å². The number of hydrogen-bond acceptors (Lipinski definition) is 4. The normalized spacial score (nSPS) is 12.2.